The fourth-order valence-electron chi connectivity index (χ4n) is 3.62. The van der Waals surface area contributed by atoms with E-state index in [1.54, 1.807) is 19.6 Å². The van der Waals surface area contributed by atoms with E-state index in [4.69, 9.17) is 4.74 Å². The van der Waals surface area contributed by atoms with E-state index in [0.29, 0.717) is 12.4 Å². The van der Waals surface area contributed by atoms with Gasteiger partial charge in [-0.15, -0.1) is 0 Å². The molecule has 0 spiro atoms. The Kier molecular flexibility index (Phi) is 5.44. The summed E-state index contributed by atoms with van der Waals surface area (Å²) in [6, 6.07) is 8.05. The maximum Gasteiger partial charge on any atom is 0.270 e. The zero-order chi connectivity index (χ0) is 20.4. The average Bonchev–Trinajstić information content (AvgIpc) is 2.72. The van der Waals surface area contributed by atoms with Crippen LogP contribution in [0, 0.1) is 0 Å². The predicted molar refractivity (Wildman–Crippen MR) is 112 cm³/mol. The van der Waals surface area contributed by atoms with Crippen molar-refractivity contribution in [3.63, 3.8) is 0 Å². The third kappa shape index (κ3) is 4.22. The Balaban J connectivity index is 1.47. The summed E-state index contributed by atoms with van der Waals surface area (Å²) in [6.07, 6.45) is 3.28. The molecule has 1 aromatic carbocycles. The minimum Gasteiger partial charge on any atom is -0.474 e. The number of nitrogens with zero attached hydrogens (tertiary/aromatic N) is 6. The molecular formula is C21H26N6O2. The van der Waals surface area contributed by atoms with Gasteiger partial charge in [0.1, 0.15) is 6.33 Å². The lowest BCUT2D eigenvalue weighted by Gasteiger charge is -2.36. The van der Waals surface area contributed by atoms with Crippen molar-refractivity contribution in [2.45, 2.75) is 26.5 Å². The second-order valence-electron chi connectivity index (χ2n) is 7.60. The van der Waals surface area contributed by atoms with E-state index in [-0.39, 0.29) is 11.7 Å². The first-order valence-electron chi connectivity index (χ1n) is 9.91. The highest BCUT2D eigenvalue weighted by atomic mass is 16.5. The molecule has 8 heteroatoms. The largest absolute Gasteiger partial charge is 0.474 e. The van der Waals surface area contributed by atoms with Crippen LogP contribution >= 0.6 is 0 Å². The molecule has 0 atom stereocenters. The predicted octanol–water partition coefficient (Wildman–Crippen LogP) is 1.83. The molecule has 1 aliphatic heterocycles. The van der Waals surface area contributed by atoms with E-state index in [2.05, 4.69) is 37.0 Å². The summed E-state index contributed by atoms with van der Waals surface area (Å²) in [7, 11) is 1.68. The number of ether oxygens (including phenoxy) is 1. The number of rotatable bonds is 5. The number of aryl methyl sites for hydroxylation is 1. The highest BCUT2D eigenvalue weighted by Gasteiger charge is 2.19. The van der Waals surface area contributed by atoms with Crippen LogP contribution in [0.2, 0.25) is 0 Å². The van der Waals surface area contributed by atoms with Crippen LogP contribution in [0.25, 0.3) is 10.9 Å². The van der Waals surface area contributed by atoms with Crippen LogP contribution in [0.5, 0.6) is 5.88 Å². The first-order chi connectivity index (χ1) is 14.0. The van der Waals surface area contributed by atoms with Gasteiger partial charge in [0, 0.05) is 57.2 Å². The summed E-state index contributed by atoms with van der Waals surface area (Å²) < 4.78 is 7.25. The topological polar surface area (TPSA) is 76.4 Å². The van der Waals surface area contributed by atoms with Crippen molar-refractivity contribution < 1.29 is 4.74 Å². The van der Waals surface area contributed by atoms with Gasteiger partial charge in [0.05, 0.1) is 17.0 Å². The van der Waals surface area contributed by atoms with Gasteiger partial charge in [-0.25, -0.2) is 14.6 Å². The molecule has 0 N–H and O–H groups in total. The van der Waals surface area contributed by atoms with Gasteiger partial charge in [0.2, 0.25) is 5.88 Å². The van der Waals surface area contributed by atoms with Crippen molar-refractivity contribution in [2.75, 3.05) is 31.1 Å². The standard InChI is InChI=1S/C21H26N6O2/c1-15(2)29-20-18-12-17(4-5-19(18)22-14-23-20)27-10-8-26(9-11-27)13-16-6-7-24-25(3)21(16)28/h4-7,12,14-15H,8-11,13H2,1-3H3. The molecule has 2 aromatic heterocycles. The van der Waals surface area contributed by atoms with Crippen LogP contribution in [0.1, 0.15) is 19.4 Å². The van der Waals surface area contributed by atoms with Crippen LogP contribution in [-0.4, -0.2) is 56.9 Å². The van der Waals surface area contributed by atoms with E-state index in [1.807, 2.05) is 26.0 Å². The third-order valence-corrected chi connectivity index (χ3v) is 5.15. The van der Waals surface area contributed by atoms with Crippen molar-refractivity contribution in [3.05, 3.63) is 52.7 Å². The number of anilines is 1. The molecule has 3 aromatic rings. The van der Waals surface area contributed by atoms with Gasteiger partial charge in [-0.2, -0.15) is 5.10 Å². The Morgan fingerprint density at radius 2 is 1.90 bits per heavy atom. The summed E-state index contributed by atoms with van der Waals surface area (Å²) in [4.78, 5) is 25.5. The van der Waals surface area contributed by atoms with Gasteiger partial charge in [-0.05, 0) is 38.1 Å². The number of hydrogen-bond donors (Lipinski definition) is 0. The zero-order valence-electron chi connectivity index (χ0n) is 17.1. The van der Waals surface area contributed by atoms with E-state index in [1.165, 1.54) is 4.68 Å². The minimum absolute atomic E-state index is 0.0258. The highest BCUT2D eigenvalue weighted by molar-refractivity contribution is 5.86. The van der Waals surface area contributed by atoms with Crippen LogP contribution in [0.3, 0.4) is 0 Å². The second-order valence-corrected chi connectivity index (χ2v) is 7.60. The summed E-state index contributed by atoms with van der Waals surface area (Å²) in [6.45, 7) is 8.21. The highest BCUT2D eigenvalue weighted by Crippen LogP contribution is 2.28. The van der Waals surface area contributed by atoms with Crippen LogP contribution in [0.4, 0.5) is 5.69 Å². The molecule has 1 fully saturated rings. The molecule has 1 saturated heterocycles. The smallest absolute Gasteiger partial charge is 0.270 e. The van der Waals surface area contributed by atoms with Crippen molar-refractivity contribution in [1.29, 1.82) is 0 Å². The Morgan fingerprint density at radius 1 is 1.10 bits per heavy atom. The molecule has 1 aliphatic rings. The average molecular weight is 394 g/mol. The van der Waals surface area contributed by atoms with Crippen LogP contribution in [-0.2, 0) is 13.6 Å². The van der Waals surface area contributed by atoms with Gasteiger partial charge in [-0.3, -0.25) is 9.69 Å². The Labute approximate surface area is 169 Å². The Hall–Kier alpha value is -3.00. The van der Waals surface area contributed by atoms with Crippen molar-refractivity contribution in [2.24, 2.45) is 7.05 Å². The molecule has 4 rings (SSSR count). The molecule has 8 nitrogen and oxygen atoms in total. The van der Waals surface area contributed by atoms with Crippen LogP contribution < -0.4 is 15.2 Å². The summed E-state index contributed by atoms with van der Waals surface area (Å²) in [5.74, 6) is 0.624. The normalized spacial score (nSPS) is 15.2. The monoisotopic (exact) mass is 394 g/mol. The quantitative estimate of drug-likeness (QED) is 0.653. The molecule has 0 radical (unpaired) electrons. The number of hydrogen-bond acceptors (Lipinski definition) is 7. The Morgan fingerprint density at radius 3 is 2.66 bits per heavy atom. The van der Waals surface area contributed by atoms with Gasteiger partial charge in [0.25, 0.3) is 5.56 Å². The molecule has 29 heavy (non-hydrogen) atoms. The number of benzene rings is 1. The van der Waals surface area contributed by atoms with Crippen molar-refractivity contribution in [1.82, 2.24) is 24.6 Å². The summed E-state index contributed by atoms with van der Waals surface area (Å²) in [5, 5.41) is 4.92. The van der Waals surface area contributed by atoms with E-state index in [0.717, 1.165) is 48.3 Å². The lowest BCUT2D eigenvalue weighted by molar-refractivity contribution is 0.235. The van der Waals surface area contributed by atoms with Crippen molar-refractivity contribution >= 4 is 16.6 Å². The first-order valence-corrected chi connectivity index (χ1v) is 9.91. The lowest BCUT2D eigenvalue weighted by atomic mass is 10.1. The maximum atomic E-state index is 12.2. The Bertz CT molecular complexity index is 1060. The van der Waals surface area contributed by atoms with Gasteiger partial charge in [-0.1, -0.05) is 0 Å². The molecule has 3 heterocycles. The molecule has 0 saturated carbocycles. The van der Waals surface area contributed by atoms with Gasteiger partial charge in [0.15, 0.2) is 0 Å². The summed E-state index contributed by atoms with van der Waals surface area (Å²) in [5.41, 5.74) is 2.78. The minimum atomic E-state index is -0.0258. The molecule has 0 bridgehead atoms. The SMILES string of the molecule is CC(C)Oc1ncnc2ccc(N3CCN(Cc4ccnn(C)c4=O)CC3)cc12. The number of piperazine rings is 1. The number of aromatic nitrogens is 4. The fraction of sp³-hybridized carbons (Fsp3) is 0.429. The van der Waals surface area contributed by atoms with Crippen molar-refractivity contribution in [3.8, 4) is 5.88 Å². The number of fused-ring (bicyclic) bond motifs is 1. The van der Waals surface area contributed by atoms with Crippen LogP contribution in [0.15, 0.2) is 41.6 Å². The zero-order valence-corrected chi connectivity index (χ0v) is 17.1. The molecule has 0 unspecified atom stereocenters. The van der Waals surface area contributed by atoms with E-state index < -0.39 is 0 Å². The molecule has 152 valence electrons. The summed E-state index contributed by atoms with van der Waals surface area (Å²) >= 11 is 0. The fourth-order valence-corrected chi connectivity index (χ4v) is 3.62. The molecular weight excluding hydrogens is 368 g/mol. The van der Waals surface area contributed by atoms with E-state index in [9.17, 15) is 4.79 Å². The first kappa shape index (κ1) is 19.3. The van der Waals surface area contributed by atoms with Gasteiger partial charge >= 0.3 is 0 Å². The van der Waals surface area contributed by atoms with Gasteiger partial charge < -0.3 is 9.64 Å². The molecule has 0 aliphatic carbocycles. The maximum absolute atomic E-state index is 12.2. The third-order valence-electron chi connectivity index (χ3n) is 5.15. The molecule has 0 amide bonds. The lowest BCUT2D eigenvalue weighted by Crippen LogP contribution is -2.46. The second kappa shape index (κ2) is 8.16. The van der Waals surface area contributed by atoms with E-state index >= 15 is 0 Å².